The molecule has 0 aromatic heterocycles. The van der Waals surface area contributed by atoms with Crippen LogP contribution in [0, 0.1) is 35.5 Å². The van der Waals surface area contributed by atoms with Crippen molar-refractivity contribution in [3.05, 3.63) is 59.4 Å². The molecule has 0 aliphatic carbocycles. The van der Waals surface area contributed by atoms with Crippen molar-refractivity contribution >= 4 is 12.1 Å². The van der Waals surface area contributed by atoms with Crippen molar-refractivity contribution in [1.82, 2.24) is 0 Å². The van der Waals surface area contributed by atoms with Gasteiger partial charge in [-0.3, -0.25) is 0 Å². The number of hydrogen-bond donors (Lipinski definition) is 6. The number of primary amides is 1. The maximum absolute atomic E-state index is 13.9. The Morgan fingerprint density at radius 1 is 1.10 bits per heavy atom. The first-order chi connectivity index (χ1) is 28.6. The lowest BCUT2D eigenvalue weighted by atomic mass is 9.77. The number of allylic oxidation sites excluding steroid dienone is 6. The minimum Gasteiger partial charge on any atom is -0.490 e. The summed E-state index contributed by atoms with van der Waals surface area (Å²) in [4.78, 5) is 25.4. The van der Waals surface area contributed by atoms with Crippen LogP contribution in [0.2, 0.25) is 0 Å². The molecule has 0 unspecified atom stereocenters. The molecule has 0 aromatic rings. The molecule has 61 heavy (non-hydrogen) atoms. The molecule has 3 heterocycles. The summed E-state index contributed by atoms with van der Waals surface area (Å²) in [6, 6.07) is 0. The second kappa shape index (κ2) is 23.5. The Morgan fingerprint density at radius 3 is 2.34 bits per heavy atom. The van der Waals surface area contributed by atoms with Crippen LogP contribution >= 0.6 is 0 Å². The molecular weight excluding hydrogens is 792 g/mol. The average molecular weight is 868 g/mol. The van der Waals surface area contributed by atoms with Gasteiger partial charge in [-0.05, 0) is 52.5 Å². The van der Waals surface area contributed by atoms with Gasteiger partial charge in [-0.2, -0.15) is 0 Å². The zero-order chi connectivity index (χ0) is 45.9. The minimum absolute atomic E-state index is 0.0313. The summed E-state index contributed by atoms with van der Waals surface area (Å²) in [6.07, 6.45) is 2.20. The van der Waals surface area contributed by atoms with E-state index in [2.05, 4.69) is 0 Å². The van der Waals surface area contributed by atoms with Crippen molar-refractivity contribution < 1.29 is 68.3 Å². The number of amides is 1. The van der Waals surface area contributed by atoms with Crippen molar-refractivity contribution in [2.75, 3.05) is 14.2 Å². The van der Waals surface area contributed by atoms with E-state index in [0.717, 1.165) is 5.57 Å². The van der Waals surface area contributed by atoms with E-state index in [1.807, 2.05) is 53.7 Å². The Hall–Kier alpha value is -3.12. The first-order valence-electron chi connectivity index (χ1n) is 21.7. The van der Waals surface area contributed by atoms with Crippen LogP contribution < -0.4 is 5.73 Å². The number of carbonyl (C=O) groups is 2. The number of carbonyl (C=O) groups excluding carboxylic acids is 2. The molecule has 0 saturated carbocycles. The lowest BCUT2D eigenvalue weighted by Crippen LogP contribution is -2.59. The van der Waals surface area contributed by atoms with Crippen LogP contribution in [0.1, 0.15) is 94.9 Å². The summed E-state index contributed by atoms with van der Waals surface area (Å²) in [7, 11) is 2.81. The monoisotopic (exact) mass is 868 g/mol. The molecule has 2 fully saturated rings. The quantitative estimate of drug-likeness (QED) is 0.0915. The molecule has 15 nitrogen and oxygen atoms in total. The highest BCUT2D eigenvalue weighted by Gasteiger charge is 2.52. The van der Waals surface area contributed by atoms with Crippen LogP contribution in [-0.2, 0) is 38.0 Å². The SMILES string of the molecule is C/C=C/[C@H]1O[C@@](O)([C@@H](C)[C@H](O)[C@H](C)[C@H]2OC(=O)/C(O[13CH3])=C/C(C)=C/[C@@H](C)[C@@H](O)[C@@H](CC)[C@H](O)[C@H](C)C/C(C)=C/C=C/[C@@H]2O[13CH3])C[C@@H](O[C@H]2C[C@@H](O)[C@H](OC(N)=O)[C@@H](C)O2)[C@@H]1C. The smallest absolute Gasteiger partial charge is 0.404 e. The Kier molecular flexibility index (Phi) is 20.1. The molecule has 2 saturated heterocycles. The molecule has 3 aliphatic rings. The number of cyclic esters (lactones) is 1. The maximum atomic E-state index is 13.9. The fourth-order valence-corrected chi connectivity index (χ4v) is 8.94. The Balaban J connectivity index is 2.00. The van der Waals surface area contributed by atoms with Crippen LogP contribution in [0.3, 0.4) is 0 Å². The molecule has 0 bridgehead atoms. The number of methoxy groups -OCH3 is 2. The maximum Gasteiger partial charge on any atom is 0.404 e. The predicted molar refractivity (Wildman–Crippen MR) is 228 cm³/mol. The number of hydrogen-bond acceptors (Lipinski definition) is 14. The van der Waals surface area contributed by atoms with E-state index in [1.165, 1.54) is 20.3 Å². The average Bonchev–Trinajstić information content (AvgIpc) is 3.19. The fourth-order valence-electron chi connectivity index (χ4n) is 8.94. The number of rotatable bonds is 11. The summed E-state index contributed by atoms with van der Waals surface area (Å²) in [5.74, 6) is -6.00. The number of nitrogens with two attached hydrogens (primary N) is 1. The van der Waals surface area contributed by atoms with Crippen LogP contribution in [0.5, 0.6) is 0 Å². The van der Waals surface area contributed by atoms with E-state index in [-0.39, 0.29) is 42.3 Å². The van der Waals surface area contributed by atoms with Gasteiger partial charge in [0.1, 0.15) is 12.2 Å². The number of esters is 1. The third-order valence-electron chi connectivity index (χ3n) is 12.8. The van der Waals surface area contributed by atoms with Crippen LogP contribution in [0.15, 0.2) is 59.4 Å². The van der Waals surface area contributed by atoms with Gasteiger partial charge in [-0.15, -0.1) is 0 Å². The molecule has 348 valence electrons. The van der Waals surface area contributed by atoms with Gasteiger partial charge in [-0.25, -0.2) is 9.59 Å². The molecule has 7 N–H and O–H groups in total. The predicted octanol–water partition coefficient (Wildman–Crippen LogP) is 4.98. The van der Waals surface area contributed by atoms with Gasteiger partial charge in [0, 0.05) is 49.5 Å². The molecular formula is C46H75NO14. The standard InChI is InChI=1S/C46H75NO14/c1-13-16-34-28(7)37(58-38-22-33(48)43(31(10)57-38)60-45(47)53)23-46(54,61-34)30(9)41(51)29(8)42-35(55-11)18-15-17-24(3)19-26(5)39(49)32(14-2)40(50)27(6)20-25(4)21-36(56-12)44(52)59-42/h13,15-18,20-21,26-35,37-43,48-51,54H,14,19,22-23H2,1-12H3,(H2,47,53)/b16-13+,18-15+,24-17+,25-20+,36-21-/t26-,27-,28-,29+,30+,31-,32+,33-,34-,35+,37-,38+,39-,40-,41-,42-,43-,46-/m1/s1/i11+1,12+1. The number of aliphatic hydroxyl groups is 5. The molecule has 3 aliphatic heterocycles. The van der Waals surface area contributed by atoms with E-state index in [9.17, 15) is 35.1 Å². The summed E-state index contributed by atoms with van der Waals surface area (Å²) < 4.78 is 41.4. The van der Waals surface area contributed by atoms with Gasteiger partial charge in [0.2, 0.25) is 5.76 Å². The molecule has 0 radical (unpaired) electrons. The van der Waals surface area contributed by atoms with Crippen molar-refractivity contribution in [3.8, 4) is 0 Å². The van der Waals surface area contributed by atoms with E-state index in [0.29, 0.717) is 18.4 Å². The van der Waals surface area contributed by atoms with Gasteiger partial charge in [0.15, 0.2) is 18.2 Å². The first kappa shape index (κ1) is 52.2. The Labute approximate surface area is 362 Å². The summed E-state index contributed by atoms with van der Waals surface area (Å²) in [5.41, 5.74) is 6.78. The summed E-state index contributed by atoms with van der Waals surface area (Å²) in [6.45, 7) is 18.2. The Bertz CT molecular complexity index is 1570. The highest BCUT2D eigenvalue weighted by Crippen LogP contribution is 2.42. The zero-order valence-corrected chi connectivity index (χ0v) is 38.2. The lowest BCUT2D eigenvalue weighted by Gasteiger charge is -2.49. The Morgan fingerprint density at radius 2 is 1.77 bits per heavy atom. The second-order valence-electron chi connectivity index (χ2n) is 17.5. The van der Waals surface area contributed by atoms with Gasteiger partial charge in [-0.1, -0.05) is 89.1 Å². The lowest BCUT2D eigenvalue weighted by molar-refractivity contribution is -0.338. The molecule has 0 aromatic carbocycles. The number of aliphatic hydroxyl groups excluding tert-OH is 4. The highest BCUT2D eigenvalue weighted by molar-refractivity contribution is 5.87. The van der Waals surface area contributed by atoms with Crippen molar-refractivity contribution in [2.45, 2.75) is 168 Å². The molecule has 18 atom stereocenters. The third-order valence-corrected chi connectivity index (χ3v) is 12.8. The fraction of sp³-hybridized carbons (Fsp3) is 0.739. The molecule has 1 amide bonds. The largest absolute Gasteiger partial charge is 0.490 e. The summed E-state index contributed by atoms with van der Waals surface area (Å²) >= 11 is 0. The normalized spacial score (nSPS) is 42.2. The molecule has 15 heteroatoms. The summed E-state index contributed by atoms with van der Waals surface area (Å²) in [5, 5.41) is 58.0. The van der Waals surface area contributed by atoms with Crippen molar-refractivity contribution in [1.29, 1.82) is 0 Å². The van der Waals surface area contributed by atoms with Gasteiger partial charge in [0.25, 0.3) is 0 Å². The van der Waals surface area contributed by atoms with E-state index < -0.39 is 97.0 Å². The molecule has 0 spiro atoms. The van der Waals surface area contributed by atoms with E-state index in [1.54, 1.807) is 52.0 Å². The zero-order valence-electron chi connectivity index (χ0n) is 38.2. The van der Waals surface area contributed by atoms with E-state index in [4.69, 9.17) is 38.9 Å². The third kappa shape index (κ3) is 13.7. The van der Waals surface area contributed by atoms with Gasteiger partial charge in [0.05, 0.1) is 49.8 Å². The van der Waals surface area contributed by atoms with Crippen molar-refractivity contribution in [2.24, 2.45) is 41.2 Å². The van der Waals surface area contributed by atoms with Crippen LogP contribution in [0.4, 0.5) is 4.79 Å². The van der Waals surface area contributed by atoms with Crippen molar-refractivity contribution in [3.63, 3.8) is 0 Å². The number of ether oxygens (including phenoxy) is 7. The first-order valence-corrected chi connectivity index (χ1v) is 21.7. The van der Waals surface area contributed by atoms with Gasteiger partial charge >= 0.3 is 12.1 Å². The molecule has 3 rings (SSSR count). The highest BCUT2D eigenvalue weighted by atomic mass is 16.7. The van der Waals surface area contributed by atoms with E-state index >= 15 is 0 Å². The minimum atomic E-state index is -1.97. The van der Waals surface area contributed by atoms with Crippen LogP contribution in [-0.4, -0.2) is 125 Å². The van der Waals surface area contributed by atoms with Gasteiger partial charge < -0.3 is 64.4 Å². The topological polar surface area (TPSA) is 226 Å². The van der Waals surface area contributed by atoms with Crippen LogP contribution in [0.25, 0.3) is 0 Å². The second-order valence-corrected chi connectivity index (χ2v) is 17.5.